The quantitative estimate of drug-likeness (QED) is 0.781. The lowest BCUT2D eigenvalue weighted by Crippen LogP contribution is -2.26. The molecule has 1 aromatic heterocycles. The zero-order chi connectivity index (χ0) is 14.5. The number of hydrogen-bond donors (Lipinski definition) is 3. The second-order valence-corrected chi connectivity index (χ2v) is 4.55. The summed E-state index contributed by atoms with van der Waals surface area (Å²) >= 11 is 0. The number of rotatable bonds is 4. The van der Waals surface area contributed by atoms with Gasteiger partial charge in [0, 0.05) is 12.6 Å². The van der Waals surface area contributed by atoms with E-state index < -0.39 is 11.2 Å². The highest BCUT2D eigenvalue weighted by Crippen LogP contribution is 2.18. The normalized spacial score (nSPS) is 11.8. The van der Waals surface area contributed by atoms with E-state index in [-0.39, 0.29) is 23.9 Å². The van der Waals surface area contributed by atoms with E-state index >= 15 is 0 Å². The maximum Gasteiger partial charge on any atom is 0.325 e. The molecular formula is C14H15N3O3. The maximum absolute atomic E-state index is 11.9. The molecule has 0 unspecified atom stereocenters. The average Bonchev–Trinajstić information content (AvgIpc) is 2.43. The van der Waals surface area contributed by atoms with Gasteiger partial charge in [0.2, 0.25) is 5.91 Å². The first-order valence-corrected chi connectivity index (χ1v) is 6.23. The molecular weight excluding hydrogens is 258 g/mol. The van der Waals surface area contributed by atoms with Crippen molar-refractivity contribution in [2.24, 2.45) is 0 Å². The molecule has 3 N–H and O–H groups in total. The van der Waals surface area contributed by atoms with Gasteiger partial charge in [0.15, 0.2) is 0 Å². The molecule has 6 heteroatoms. The third-order valence-electron chi connectivity index (χ3n) is 2.95. The first-order chi connectivity index (χ1) is 9.56. The summed E-state index contributed by atoms with van der Waals surface area (Å²) in [6.07, 6.45) is 1.44. The molecule has 0 aliphatic rings. The summed E-state index contributed by atoms with van der Waals surface area (Å²) in [5.41, 5.74) is -0.131. The van der Waals surface area contributed by atoms with E-state index in [1.165, 1.54) is 6.20 Å². The van der Waals surface area contributed by atoms with Gasteiger partial charge >= 0.3 is 5.69 Å². The number of carbonyl (C=O) groups excluding carboxylic acids is 1. The number of aromatic nitrogens is 2. The van der Waals surface area contributed by atoms with Crippen LogP contribution in [0.5, 0.6) is 0 Å². The van der Waals surface area contributed by atoms with Gasteiger partial charge in [0.1, 0.15) is 5.69 Å². The smallest absolute Gasteiger partial charge is 0.320 e. The number of benzene rings is 1. The van der Waals surface area contributed by atoms with Crippen LogP contribution in [-0.2, 0) is 4.79 Å². The minimum atomic E-state index is -0.616. The average molecular weight is 273 g/mol. The van der Waals surface area contributed by atoms with Crippen LogP contribution in [0.25, 0.3) is 0 Å². The number of carbonyl (C=O) groups is 1. The van der Waals surface area contributed by atoms with E-state index in [4.69, 9.17) is 0 Å². The zero-order valence-corrected chi connectivity index (χ0v) is 11.0. The van der Waals surface area contributed by atoms with E-state index in [1.54, 1.807) is 0 Å². The molecule has 1 amide bonds. The summed E-state index contributed by atoms with van der Waals surface area (Å²) < 4.78 is 0. The Morgan fingerprint density at radius 3 is 2.60 bits per heavy atom. The van der Waals surface area contributed by atoms with Crippen LogP contribution in [0.15, 0.2) is 46.1 Å². The molecule has 0 aliphatic heterocycles. The van der Waals surface area contributed by atoms with Gasteiger partial charge in [-0.15, -0.1) is 0 Å². The van der Waals surface area contributed by atoms with Crippen LogP contribution in [0.3, 0.4) is 0 Å². The number of amides is 1. The van der Waals surface area contributed by atoms with E-state index in [1.807, 2.05) is 42.2 Å². The minimum absolute atomic E-state index is 0.0369. The van der Waals surface area contributed by atoms with Crippen molar-refractivity contribution in [2.75, 3.05) is 5.32 Å². The highest BCUT2D eigenvalue weighted by molar-refractivity contribution is 5.90. The summed E-state index contributed by atoms with van der Waals surface area (Å²) in [7, 11) is 0. The molecule has 104 valence electrons. The summed E-state index contributed by atoms with van der Waals surface area (Å²) in [5.74, 6) is -0.239. The van der Waals surface area contributed by atoms with Gasteiger partial charge in [0.05, 0.1) is 0 Å². The first kappa shape index (κ1) is 13.8. The fourth-order valence-electron chi connectivity index (χ4n) is 1.88. The minimum Gasteiger partial charge on any atom is -0.320 e. The molecule has 1 atom stereocenters. The molecule has 0 fully saturated rings. The van der Waals surface area contributed by atoms with Crippen LogP contribution in [0.2, 0.25) is 0 Å². The Labute approximate surface area is 114 Å². The predicted molar refractivity (Wildman–Crippen MR) is 75.8 cm³/mol. The van der Waals surface area contributed by atoms with Gasteiger partial charge in [-0.25, -0.2) is 4.79 Å². The molecule has 20 heavy (non-hydrogen) atoms. The van der Waals surface area contributed by atoms with Crippen molar-refractivity contribution in [3.8, 4) is 0 Å². The van der Waals surface area contributed by atoms with E-state index in [0.29, 0.717) is 0 Å². The summed E-state index contributed by atoms with van der Waals surface area (Å²) in [4.78, 5) is 38.5. The zero-order valence-electron chi connectivity index (χ0n) is 11.0. The van der Waals surface area contributed by atoms with Crippen molar-refractivity contribution in [3.63, 3.8) is 0 Å². The number of aromatic amines is 2. The molecule has 2 rings (SSSR count). The molecule has 0 spiro atoms. The third-order valence-corrected chi connectivity index (χ3v) is 2.95. The lowest BCUT2D eigenvalue weighted by molar-refractivity contribution is -0.116. The van der Waals surface area contributed by atoms with Crippen LogP contribution in [-0.4, -0.2) is 15.9 Å². The molecule has 2 aromatic rings. The van der Waals surface area contributed by atoms with Gasteiger partial charge in [-0.05, 0) is 11.5 Å². The van der Waals surface area contributed by atoms with Gasteiger partial charge in [-0.3, -0.25) is 14.6 Å². The Kier molecular flexibility index (Phi) is 4.14. The van der Waals surface area contributed by atoms with Crippen LogP contribution >= 0.6 is 0 Å². The van der Waals surface area contributed by atoms with Crippen molar-refractivity contribution >= 4 is 11.6 Å². The van der Waals surface area contributed by atoms with Crippen LogP contribution in [0.4, 0.5) is 5.69 Å². The summed E-state index contributed by atoms with van der Waals surface area (Å²) in [6.45, 7) is 1.94. The van der Waals surface area contributed by atoms with Gasteiger partial charge < -0.3 is 10.3 Å². The lowest BCUT2D eigenvalue weighted by atomic mass is 9.97. The lowest BCUT2D eigenvalue weighted by Gasteiger charge is -2.11. The van der Waals surface area contributed by atoms with E-state index in [2.05, 4.69) is 10.3 Å². The van der Waals surface area contributed by atoms with E-state index in [0.717, 1.165) is 5.56 Å². The third kappa shape index (κ3) is 3.44. The van der Waals surface area contributed by atoms with Gasteiger partial charge in [-0.1, -0.05) is 37.3 Å². The largest absolute Gasteiger partial charge is 0.325 e. The molecule has 1 heterocycles. The predicted octanol–water partition coefficient (Wildman–Crippen LogP) is 1.20. The highest BCUT2D eigenvalue weighted by Gasteiger charge is 2.12. The monoisotopic (exact) mass is 273 g/mol. The van der Waals surface area contributed by atoms with Gasteiger partial charge in [0.25, 0.3) is 5.56 Å². The second kappa shape index (κ2) is 6.01. The Morgan fingerprint density at radius 1 is 1.25 bits per heavy atom. The van der Waals surface area contributed by atoms with Crippen molar-refractivity contribution in [2.45, 2.75) is 19.3 Å². The number of nitrogens with one attached hydrogen (secondary N) is 3. The van der Waals surface area contributed by atoms with Crippen molar-refractivity contribution < 1.29 is 4.79 Å². The highest BCUT2D eigenvalue weighted by atomic mass is 16.2. The fraction of sp³-hybridized carbons (Fsp3) is 0.214. The molecule has 0 saturated heterocycles. The Hall–Kier alpha value is -2.63. The van der Waals surface area contributed by atoms with Gasteiger partial charge in [-0.2, -0.15) is 0 Å². The standard InChI is InChI=1S/C14H15N3O3/c1-9(10-5-3-2-4-6-10)7-12(18)16-11-8-15-14(20)17-13(11)19/h2-6,8-9H,7H2,1H3,(H,16,18)(H2,15,17,19,20)/t9-/m0/s1. The second-order valence-electron chi connectivity index (χ2n) is 4.55. The molecule has 0 aliphatic carbocycles. The van der Waals surface area contributed by atoms with Crippen LogP contribution < -0.4 is 16.6 Å². The van der Waals surface area contributed by atoms with Crippen LogP contribution in [0.1, 0.15) is 24.8 Å². The van der Waals surface area contributed by atoms with Crippen molar-refractivity contribution in [3.05, 3.63) is 62.9 Å². The molecule has 0 saturated carbocycles. The van der Waals surface area contributed by atoms with E-state index in [9.17, 15) is 14.4 Å². The molecule has 0 bridgehead atoms. The molecule has 6 nitrogen and oxygen atoms in total. The maximum atomic E-state index is 11.9. The first-order valence-electron chi connectivity index (χ1n) is 6.23. The fourth-order valence-corrected chi connectivity index (χ4v) is 1.88. The summed E-state index contributed by atoms with van der Waals surface area (Å²) in [5, 5.41) is 2.49. The Balaban J connectivity index is 2.02. The van der Waals surface area contributed by atoms with Crippen molar-refractivity contribution in [1.29, 1.82) is 0 Å². The number of hydrogen-bond acceptors (Lipinski definition) is 3. The van der Waals surface area contributed by atoms with Crippen LogP contribution in [0, 0.1) is 0 Å². The molecule has 0 radical (unpaired) electrons. The van der Waals surface area contributed by atoms with Crippen molar-refractivity contribution in [1.82, 2.24) is 9.97 Å². The number of H-pyrrole nitrogens is 2. The molecule has 1 aromatic carbocycles. The Morgan fingerprint density at radius 2 is 1.95 bits per heavy atom. The topological polar surface area (TPSA) is 94.8 Å². The summed E-state index contributed by atoms with van der Waals surface area (Å²) in [6, 6.07) is 9.64. The Bertz CT molecular complexity index is 703. The number of anilines is 1. The SMILES string of the molecule is C[C@@H](CC(=O)Nc1c[nH]c(=O)[nH]c1=O)c1ccccc1.